The highest BCUT2D eigenvalue weighted by Crippen LogP contribution is 2.40. The molecule has 5 aromatic rings. The van der Waals surface area contributed by atoms with Crippen molar-refractivity contribution >= 4 is 20.7 Å². The summed E-state index contributed by atoms with van der Waals surface area (Å²) in [6.45, 7) is 2.21. The van der Waals surface area contributed by atoms with E-state index in [9.17, 15) is 8.42 Å². The SMILES string of the molecule is COc1cc(CCN(C)CCCOc2ccc(S(=O)(=O)c3c(-c4ccccc4)n(C)c4ccccc34)cc2)cc(OC)c1OC. The van der Waals surface area contributed by atoms with Gasteiger partial charge in [-0.25, -0.2) is 8.42 Å². The molecule has 0 unspecified atom stereocenters. The summed E-state index contributed by atoms with van der Waals surface area (Å²) in [6.07, 6.45) is 1.65. The summed E-state index contributed by atoms with van der Waals surface area (Å²) in [7, 11) is 4.99. The first-order valence-corrected chi connectivity index (χ1v) is 16.3. The summed E-state index contributed by atoms with van der Waals surface area (Å²) < 4.78 is 52.5. The second-order valence-electron chi connectivity index (χ2n) is 10.9. The van der Waals surface area contributed by atoms with Gasteiger partial charge in [0.25, 0.3) is 0 Å². The van der Waals surface area contributed by atoms with Gasteiger partial charge in [0.1, 0.15) is 10.6 Å². The molecule has 0 aliphatic heterocycles. The lowest BCUT2D eigenvalue weighted by atomic mass is 10.1. The molecule has 0 bridgehead atoms. The van der Waals surface area contributed by atoms with Crippen molar-refractivity contribution < 1.29 is 27.4 Å². The third-order valence-corrected chi connectivity index (χ3v) is 9.81. The van der Waals surface area contributed by atoms with Crippen molar-refractivity contribution in [2.24, 2.45) is 7.05 Å². The molecule has 8 nitrogen and oxygen atoms in total. The maximum absolute atomic E-state index is 14.1. The average Bonchev–Trinajstić information content (AvgIpc) is 3.38. The van der Waals surface area contributed by atoms with Crippen molar-refractivity contribution in [3.63, 3.8) is 0 Å². The van der Waals surface area contributed by atoms with Gasteiger partial charge in [0.15, 0.2) is 11.5 Å². The fourth-order valence-corrected chi connectivity index (χ4v) is 7.32. The average molecular weight is 629 g/mol. The quantitative estimate of drug-likeness (QED) is 0.128. The lowest BCUT2D eigenvalue weighted by molar-refractivity contribution is 0.263. The number of ether oxygens (including phenoxy) is 4. The summed E-state index contributed by atoms with van der Waals surface area (Å²) in [4.78, 5) is 2.79. The van der Waals surface area contributed by atoms with Crippen molar-refractivity contribution in [1.82, 2.24) is 9.47 Å². The Labute approximate surface area is 265 Å². The first-order valence-electron chi connectivity index (χ1n) is 14.9. The van der Waals surface area contributed by atoms with Crippen LogP contribution in [0, 0.1) is 0 Å². The number of methoxy groups -OCH3 is 3. The van der Waals surface area contributed by atoms with E-state index in [-0.39, 0.29) is 4.90 Å². The Bertz CT molecular complexity index is 1830. The van der Waals surface area contributed by atoms with Gasteiger partial charge in [-0.3, -0.25) is 0 Å². The molecule has 0 saturated heterocycles. The third kappa shape index (κ3) is 6.79. The Morgan fingerprint density at radius 1 is 0.778 bits per heavy atom. The molecule has 0 spiro atoms. The number of benzene rings is 4. The molecule has 0 fully saturated rings. The second-order valence-corrected chi connectivity index (χ2v) is 12.8. The molecule has 5 rings (SSSR count). The minimum Gasteiger partial charge on any atom is -0.494 e. The van der Waals surface area contributed by atoms with Crippen molar-refractivity contribution in [3.8, 4) is 34.3 Å². The number of fused-ring (bicyclic) bond motifs is 1. The van der Waals surface area contributed by atoms with Gasteiger partial charge in [0, 0.05) is 31.0 Å². The standard InChI is InChI=1S/C36H40N2O6S/c1-37(22-20-26-24-32(41-3)35(43-5)33(25-26)42-4)21-11-23-44-28-16-18-29(19-17-28)45(39,40)36-30-14-9-10-15-31(30)38(2)34(36)27-12-7-6-8-13-27/h6-10,12-19,24-25H,11,20-23H2,1-5H3. The van der Waals surface area contributed by atoms with Crippen molar-refractivity contribution in [3.05, 3.63) is 96.6 Å². The van der Waals surface area contributed by atoms with Crippen LogP contribution < -0.4 is 18.9 Å². The maximum Gasteiger partial charge on any atom is 0.209 e. The number of hydrogen-bond donors (Lipinski definition) is 0. The van der Waals surface area contributed by atoms with Crippen LogP contribution in [-0.2, 0) is 23.3 Å². The highest BCUT2D eigenvalue weighted by atomic mass is 32.2. The monoisotopic (exact) mass is 628 g/mol. The van der Waals surface area contributed by atoms with Gasteiger partial charge in [-0.2, -0.15) is 0 Å². The predicted octanol–water partition coefficient (Wildman–Crippen LogP) is 6.65. The first kappa shape index (κ1) is 31.9. The van der Waals surface area contributed by atoms with Crippen LogP contribution in [0.25, 0.3) is 22.2 Å². The lowest BCUT2D eigenvalue weighted by Crippen LogP contribution is -2.23. The van der Waals surface area contributed by atoms with Crippen LogP contribution in [0.4, 0.5) is 0 Å². The lowest BCUT2D eigenvalue weighted by Gasteiger charge is -2.18. The van der Waals surface area contributed by atoms with Gasteiger partial charge in [-0.1, -0.05) is 48.5 Å². The highest BCUT2D eigenvalue weighted by molar-refractivity contribution is 7.91. The van der Waals surface area contributed by atoms with Crippen LogP contribution in [-0.4, -0.2) is 66.0 Å². The first-order chi connectivity index (χ1) is 21.8. The Hall–Kier alpha value is -4.47. The van der Waals surface area contributed by atoms with Crippen molar-refractivity contribution in [2.75, 3.05) is 48.1 Å². The summed E-state index contributed by atoms with van der Waals surface area (Å²) in [6, 6.07) is 27.9. The number of para-hydroxylation sites is 1. The number of nitrogens with zero attached hydrogens (tertiary/aromatic N) is 2. The van der Waals surface area contributed by atoms with Gasteiger partial charge in [-0.15, -0.1) is 0 Å². The topological polar surface area (TPSA) is 79.2 Å². The van der Waals surface area contributed by atoms with E-state index in [1.807, 2.05) is 78.3 Å². The Morgan fingerprint density at radius 3 is 2.07 bits per heavy atom. The van der Waals surface area contributed by atoms with Crippen LogP contribution in [0.2, 0.25) is 0 Å². The fourth-order valence-electron chi connectivity index (χ4n) is 5.62. The molecule has 9 heteroatoms. The zero-order valence-electron chi connectivity index (χ0n) is 26.4. The smallest absolute Gasteiger partial charge is 0.209 e. The molecule has 0 amide bonds. The number of aromatic nitrogens is 1. The molecule has 236 valence electrons. The van der Waals surface area contributed by atoms with E-state index in [4.69, 9.17) is 18.9 Å². The predicted molar refractivity (Wildman–Crippen MR) is 178 cm³/mol. The number of rotatable bonds is 14. The summed E-state index contributed by atoms with van der Waals surface area (Å²) in [5.74, 6) is 2.52. The molecule has 1 heterocycles. The van der Waals surface area contributed by atoms with Crippen LogP contribution in [0.5, 0.6) is 23.0 Å². The number of likely N-dealkylation sites (N-methyl/N-ethyl adjacent to an activating group) is 1. The molecule has 4 aromatic carbocycles. The minimum atomic E-state index is -3.82. The van der Waals surface area contributed by atoms with Gasteiger partial charge in [0.2, 0.25) is 15.6 Å². The van der Waals surface area contributed by atoms with E-state index in [1.165, 1.54) is 0 Å². The van der Waals surface area contributed by atoms with E-state index in [0.717, 1.165) is 42.6 Å². The number of hydrogen-bond acceptors (Lipinski definition) is 7. The summed E-state index contributed by atoms with van der Waals surface area (Å²) in [5, 5.41) is 0.702. The normalized spacial score (nSPS) is 11.6. The van der Waals surface area contributed by atoms with E-state index in [2.05, 4.69) is 11.9 Å². The molecular weight excluding hydrogens is 588 g/mol. The largest absolute Gasteiger partial charge is 0.494 e. The van der Waals surface area contributed by atoms with Gasteiger partial charge in [0.05, 0.1) is 38.5 Å². The zero-order chi connectivity index (χ0) is 32.0. The van der Waals surface area contributed by atoms with Gasteiger partial charge >= 0.3 is 0 Å². The molecule has 0 atom stereocenters. The van der Waals surface area contributed by atoms with E-state index >= 15 is 0 Å². The molecule has 0 saturated carbocycles. The zero-order valence-corrected chi connectivity index (χ0v) is 27.3. The highest BCUT2D eigenvalue weighted by Gasteiger charge is 2.28. The van der Waals surface area contributed by atoms with E-state index < -0.39 is 9.84 Å². The molecule has 0 aliphatic carbocycles. The maximum atomic E-state index is 14.1. The Morgan fingerprint density at radius 2 is 1.42 bits per heavy atom. The molecule has 45 heavy (non-hydrogen) atoms. The molecule has 0 N–H and O–H groups in total. The van der Waals surface area contributed by atoms with Crippen molar-refractivity contribution in [2.45, 2.75) is 22.6 Å². The Balaban J connectivity index is 1.21. The van der Waals surface area contributed by atoms with Crippen molar-refractivity contribution in [1.29, 1.82) is 0 Å². The Kier molecular flexibility index (Phi) is 10.0. The molecule has 0 aliphatic rings. The molecule has 1 aromatic heterocycles. The van der Waals surface area contributed by atoms with Crippen LogP contribution in [0.15, 0.2) is 101 Å². The van der Waals surface area contributed by atoms with Crippen LogP contribution in [0.3, 0.4) is 0 Å². The van der Waals surface area contributed by atoms with E-state index in [1.54, 1.807) is 45.6 Å². The van der Waals surface area contributed by atoms with E-state index in [0.29, 0.717) is 45.6 Å². The third-order valence-electron chi connectivity index (χ3n) is 7.97. The minimum absolute atomic E-state index is 0.231. The number of aryl methyl sites for hydroxylation is 1. The van der Waals surface area contributed by atoms with Crippen LogP contribution >= 0.6 is 0 Å². The second kappa shape index (κ2) is 14.1. The van der Waals surface area contributed by atoms with Crippen LogP contribution in [0.1, 0.15) is 12.0 Å². The molecular formula is C36H40N2O6S. The summed E-state index contributed by atoms with van der Waals surface area (Å²) in [5.41, 5.74) is 3.49. The van der Waals surface area contributed by atoms with Gasteiger partial charge < -0.3 is 28.4 Å². The number of sulfone groups is 1. The summed E-state index contributed by atoms with van der Waals surface area (Å²) >= 11 is 0. The fraction of sp³-hybridized carbons (Fsp3) is 0.278. The molecule has 0 radical (unpaired) electrons. The van der Waals surface area contributed by atoms with Gasteiger partial charge in [-0.05, 0) is 73.5 Å².